The molecule has 2 rings (SSSR count). The zero-order valence-corrected chi connectivity index (χ0v) is 7.57. The number of benzene rings is 1. The third-order valence-electron chi connectivity index (χ3n) is 2.13. The first-order valence-corrected chi connectivity index (χ1v) is 4.32. The van der Waals surface area contributed by atoms with Gasteiger partial charge in [-0.15, -0.1) is 0 Å². The Bertz CT molecular complexity index is 300. The van der Waals surface area contributed by atoms with Crippen molar-refractivity contribution in [2.24, 2.45) is 0 Å². The molecule has 1 aliphatic heterocycles. The fourth-order valence-corrected chi connectivity index (χ4v) is 1.39. The Balaban J connectivity index is 2.17. The van der Waals surface area contributed by atoms with Crippen LogP contribution in [0.25, 0.3) is 0 Å². The van der Waals surface area contributed by atoms with Gasteiger partial charge in [-0.1, -0.05) is 24.3 Å². The van der Waals surface area contributed by atoms with E-state index in [1.165, 1.54) is 5.56 Å². The fraction of sp³-hybridized carbons (Fsp3) is 0.273. The molecular weight excluding hydrogens is 164 g/mol. The van der Waals surface area contributed by atoms with Crippen molar-refractivity contribution in [2.75, 3.05) is 13.7 Å². The second-order valence-electron chi connectivity index (χ2n) is 2.96. The van der Waals surface area contributed by atoms with Crippen LogP contribution in [0.2, 0.25) is 0 Å². The molecule has 0 aliphatic carbocycles. The minimum Gasteiger partial charge on any atom is -0.497 e. The zero-order valence-electron chi connectivity index (χ0n) is 7.57. The van der Waals surface area contributed by atoms with E-state index in [9.17, 15) is 0 Å². The van der Waals surface area contributed by atoms with Crippen LogP contribution in [0, 0.1) is 0 Å². The Morgan fingerprint density at radius 3 is 2.62 bits per heavy atom. The molecule has 0 fully saturated rings. The fourth-order valence-electron chi connectivity index (χ4n) is 1.39. The average molecular weight is 176 g/mol. The first-order chi connectivity index (χ1) is 6.40. The van der Waals surface area contributed by atoms with Crippen LogP contribution in [0.5, 0.6) is 5.75 Å². The average Bonchev–Trinajstić information content (AvgIpc) is 2.71. The summed E-state index contributed by atoms with van der Waals surface area (Å²) in [7, 11) is 1.67. The molecule has 0 saturated heterocycles. The molecule has 0 spiro atoms. The minimum absolute atomic E-state index is 0.130. The Morgan fingerprint density at radius 2 is 2.08 bits per heavy atom. The molecule has 0 unspecified atom stereocenters. The lowest BCUT2D eigenvalue weighted by molar-refractivity contribution is 0.129. The summed E-state index contributed by atoms with van der Waals surface area (Å²) in [5.41, 5.74) is 1.18. The topological polar surface area (TPSA) is 18.5 Å². The zero-order chi connectivity index (χ0) is 9.10. The molecule has 1 heterocycles. The Labute approximate surface area is 77.8 Å². The normalized spacial score (nSPS) is 20.5. The van der Waals surface area contributed by atoms with Crippen molar-refractivity contribution in [3.63, 3.8) is 0 Å². The van der Waals surface area contributed by atoms with Crippen LogP contribution in [-0.2, 0) is 4.74 Å². The summed E-state index contributed by atoms with van der Waals surface area (Å²) in [4.78, 5) is 0. The lowest BCUT2D eigenvalue weighted by Crippen LogP contribution is -1.95. The van der Waals surface area contributed by atoms with E-state index in [2.05, 4.69) is 6.08 Å². The van der Waals surface area contributed by atoms with Crippen molar-refractivity contribution in [1.29, 1.82) is 0 Å². The summed E-state index contributed by atoms with van der Waals surface area (Å²) in [5.74, 6) is 0.880. The van der Waals surface area contributed by atoms with E-state index < -0.39 is 0 Å². The Kier molecular flexibility index (Phi) is 2.32. The van der Waals surface area contributed by atoms with Gasteiger partial charge in [0.05, 0.1) is 13.7 Å². The Morgan fingerprint density at radius 1 is 1.31 bits per heavy atom. The van der Waals surface area contributed by atoms with E-state index in [1.54, 1.807) is 7.11 Å². The molecule has 0 N–H and O–H groups in total. The van der Waals surface area contributed by atoms with E-state index >= 15 is 0 Å². The molecule has 68 valence electrons. The van der Waals surface area contributed by atoms with Crippen molar-refractivity contribution < 1.29 is 9.47 Å². The smallest absolute Gasteiger partial charge is 0.118 e. The maximum atomic E-state index is 5.46. The van der Waals surface area contributed by atoms with Gasteiger partial charge in [0.15, 0.2) is 0 Å². The van der Waals surface area contributed by atoms with Crippen molar-refractivity contribution in [3.05, 3.63) is 42.0 Å². The predicted molar refractivity (Wildman–Crippen MR) is 50.8 cm³/mol. The third-order valence-corrected chi connectivity index (χ3v) is 2.13. The van der Waals surface area contributed by atoms with E-state index in [-0.39, 0.29) is 6.10 Å². The first kappa shape index (κ1) is 8.32. The van der Waals surface area contributed by atoms with Gasteiger partial charge in [0, 0.05) is 0 Å². The van der Waals surface area contributed by atoms with Gasteiger partial charge in [0.2, 0.25) is 0 Å². The molecule has 1 aromatic carbocycles. The molecule has 0 bridgehead atoms. The SMILES string of the molecule is COc1ccc([C@@H]2C=CCO2)cc1. The molecular formula is C11H12O2. The minimum atomic E-state index is 0.130. The quantitative estimate of drug-likeness (QED) is 0.644. The van der Waals surface area contributed by atoms with E-state index in [4.69, 9.17) is 9.47 Å². The van der Waals surface area contributed by atoms with Crippen LogP contribution in [-0.4, -0.2) is 13.7 Å². The largest absolute Gasteiger partial charge is 0.497 e. The van der Waals surface area contributed by atoms with Crippen LogP contribution in [0.1, 0.15) is 11.7 Å². The summed E-state index contributed by atoms with van der Waals surface area (Å²) in [6.45, 7) is 0.719. The highest BCUT2D eigenvalue weighted by atomic mass is 16.5. The number of methoxy groups -OCH3 is 1. The van der Waals surface area contributed by atoms with Gasteiger partial charge in [0.1, 0.15) is 11.9 Å². The van der Waals surface area contributed by atoms with E-state index in [1.807, 2.05) is 30.3 Å². The van der Waals surface area contributed by atoms with Gasteiger partial charge >= 0.3 is 0 Å². The molecule has 1 aliphatic rings. The van der Waals surface area contributed by atoms with Gasteiger partial charge < -0.3 is 9.47 Å². The van der Waals surface area contributed by atoms with E-state index in [0.29, 0.717) is 0 Å². The molecule has 0 amide bonds. The van der Waals surface area contributed by atoms with Crippen LogP contribution in [0.15, 0.2) is 36.4 Å². The molecule has 2 nitrogen and oxygen atoms in total. The van der Waals surface area contributed by atoms with Crippen LogP contribution >= 0.6 is 0 Å². The van der Waals surface area contributed by atoms with Crippen molar-refractivity contribution in [3.8, 4) is 5.75 Å². The summed E-state index contributed by atoms with van der Waals surface area (Å²) in [6, 6.07) is 7.95. The number of ether oxygens (including phenoxy) is 2. The number of hydrogen-bond donors (Lipinski definition) is 0. The lowest BCUT2D eigenvalue weighted by atomic mass is 10.1. The molecule has 0 aromatic heterocycles. The molecule has 13 heavy (non-hydrogen) atoms. The standard InChI is InChI=1S/C11H12O2/c1-12-10-6-4-9(5-7-10)11-3-2-8-13-11/h2-7,11H,8H2,1H3/t11-/m0/s1. The van der Waals surface area contributed by atoms with Gasteiger partial charge in [-0.05, 0) is 17.7 Å². The molecule has 0 saturated carbocycles. The van der Waals surface area contributed by atoms with Crippen LogP contribution < -0.4 is 4.74 Å². The molecule has 1 atom stereocenters. The monoisotopic (exact) mass is 176 g/mol. The van der Waals surface area contributed by atoms with Crippen LogP contribution in [0.3, 0.4) is 0 Å². The second-order valence-corrected chi connectivity index (χ2v) is 2.96. The summed E-state index contributed by atoms with van der Waals surface area (Å²) >= 11 is 0. The lowest BCUT2D eigenvalue weighted by Gasteiger charge is -2.08. The van der Waals surface area contributed by atoms with Crippen molar-refractivity contribution >= 4 is 0 Å². The second kappa shape index (κ2) is 3.62. The van der Waals surface area contributed by atoms with Gasteiger partial charge in [-0.25, -0.2) is 0 Å². The summed E-state index contributed by atoms with van der Waals surface area (Å²) in [5, 5.41) is 0. The maximum absolute atomic E-state index is 5.46. The molecule has 0 radical (unpaired) electrons. The van der Waals surface area contributed by atoms with Gasteiger partial charge in [-0.2, -0.15) is 0 Å². The summed E-state index contributed by atoms with van der Waals surface area (Å²) < 4.78 is 10.5. The van der Waals surface area contributed by atoms with E-state index in [0.717, 1.165) is 12.4 Å². The number of rotatable bonds is 2. The highest BCUT2D eigenvalue weighted by Crippen LogP contribution is 2.24. The highest BCUT2D eigenvalue weighted by Gasteiger charge is 2.11. The predicted octanol–water partition coefficient (Wildman–Crippen LogP) is 2.32. The van der Waals surface area contributed by atoms with Crippen LogP contribution in [0.4, 0.5) is 0 Å². The van der Waals surface area contributed by atoms with Gasteiger partial charge in [-0.3, -0.25) is 0 Å². The maximum Gasteiger partial charge on any atom is 0.118 e. The van der Waals surface area contributed by atoms with Crippen molar-refractivity contribution in [1.82, 2.24) is 0 Å². The number of hydrogen-bond acceptors (Lipinski definition) is 2. The van der Waals surface area contributed by atoms with Gasteiger partial charge in [0.25, 0.3) is 0 Å². The highest BCUT2D eigenvalue weighted by molar-refractivity contribution is 5.30. The molecule has 1 aromatic rings. The summed E-state index contributed by atoms with van der Waals surface area (Å²) in [6.07, 6.45) is 4.24. The molecule has 2 heteroatoms. The van der Waals surface area contributed by atoms with Crippen molar-refractivity contribution in [2.45, 2.75) is 6.10 Å². The Hall–Kier alpha value is -1.28. The first-order valence-electron chi connectivity index (χ1n) is 4.32. The third kappa shape index (κ3) is 1.73.